The van der Waals surface area contributed by atoms with E-state index in [4.69, 9.17) is 4.74 Å². The van der Waals surface area contributed by atoms with Crippen LogP contribution in [0.2, 0.25) is 0 Å². The molecule has 4 fully saturated rings. The van der Waals surface area contributed by atoms with Gasteiger partial charge in [-0.05, 0) is 128 Å². The molecule has 0 amide bonds. The molecule has 8 atom stereocenters. The van der Waals surface area contributed by atoms with E-state index in [9.17, 15) is 0 Å². The second kappa shape index (κ2) is 7.94. The van der Waals surface area contributed by atoms with Gasteiger partial charge in [0.05, 0.1) is 0 Å². The van der Waals surface area contributed by atoms with E-state index in [2.05, 4.69) is 22.4 Å². The number of methoxy groups -OCH3 is 1. The fourth-order valence-electron chi connectivity index (χ4n) is 8.65. The monoisotopic (exact) mass is 400 g/mol. The van der Waals surface area contributed by atoms with Gasteiger partial charge in [0.2, 0.25) is 0 Å². The first-order valence-electron chi connectivity index (χ1n) is 12.3. The molecule has 5 nitrogen and oxygen atoms in total. The van der Waals surface area contributed by atoms with Crippen molar-refractivity contribution in [1.29, 1.82) is 0 Å². The van der Waals surface area contributed by atoms with Gasteiger partial charge in [0.25, 0.3) is 0 Å². The lowest BCUT2D eigenvalue weighted by Gasteiger charge is -2.56. The summed E-state index contributed by atoms with van der Waals surface area (Å²) in [5.74, 6) is 7.66. The Morgan fingerprint density at radius 3 is 2.69 bits per heavy atom. The van der Waals surface area contributed by atoms with Gasteiger partial charge in [0.1, 0.15) is 5.82 Å². The Balaban J connectivity index is 1.25. The van der Waals surface area contributed by atoms with Gasteiger partial charge in [0.15, 0.2) is 0 Å². The van der Waals surface area contributed by atoms with Crippen LogP contribution in [0.15, 0.2) is 0 Å². The lowest BCUT2D eigenvalue weighted by atomic mass is 9.49. The van der Waals surface area contributed by atoms with Crippen LogP contribution in [0.1, 0.15) is 77.0 Å². The number of aryl methyl sites for hydroxylation is 2. The lowest BCUT2D eigenvalue weighted by Crippen LogP contribution is -2.48. The van der Waals surface area contributed by atoms with Crippen LogP contribution in [0, 0.1) is 53.8 Å². The predicted molar refractivity (Wildman–Crippen MR) is 113 cm³/mol. The van der Waals surface area contributed by atoms with Crippen molar-refractivity contribution < 1.29 is 4.74 Å². The summed E-state index contributed by atoms with van der Waals surface area (Å²) in [6, 6.07) is 0. The predicted octanol–water partition coefficient (Wildman–Crippen LogP) is 4.90. The van der Waals surface area contributed by atoms with Crippen molar-refractivity contribution in [3.63, 3.8) is 0 Å². The van der Waals surface area contributed by atoms with E-state index < -0.39 is 0 Å². The van der Waals surface area contributed by atoms with Crippen molar-refractivity contribution >= 4 is 0 Å². The van der Waals surface area contributed by atoms with E-state index in [-0.39, 0.29) is 0 Å². The fraction of sp³-hybridized carbons (Fsp3) is 0.958. The minimum atomic E-state index is 0.559. The molecule has 4 aliphatic carbocycles. The third-order valence-electron chi connectivity index (χ3n) is 10.1. The molecule has 0 bridgehead atoms. The summed E-state index contributed by atoms with van der Waals surface area (Å²) in [6.45, 7) is 6.65. The molecule has 1 heterocycles. The Morgan fingerprint density at radius 1 is 1.03 bits per heavy atom. The third-order valence-corrected chi connectivity index (χ3v) is 10.1. The van der Waals surface area contributed by atoms with Crippen molar-refractivity contribution in [2.45, 2.75) is 84.6 Å². The minimum absolute atomic E-state index is 0.559. The number of tetrazole rings is 1. The van der Waals surface area contributed by atoms with Crippen molar-refractivity contribution in [1.82, 2.24) is 20.2 Å². The molecular formula is C24H40N4O. The number of aromatic nitrogens is 4. The van der Waals surface area contributed by atoms with Crippen LogP contribution in [-0.2, 0) is 11.3 Å². The average molecular weight is 401 g/mol. The topological polar surface area (TPSA) is 52.8 Å². The van der Waals surface area contributed by atoms with Crippen LogP contribution in [0.3, 0.4) is 0 Å². The summed E-state index contributed by atoms with van der Waals surface area (Å²) >= 11 is 0. The second-order valence-electron chi connectivity index (χ2n) is 11.1. The number of ether oxygens (including phenoxy) is 1. The molecule has 29 heavy (non-hydrogen) atoms. The summed E-state index contributed by atoms with van der Waals surface area (Å²) in [6.07, 6.45) is 14.4. The summed E-state index contributed by atoms with van der Waals surface area (Å²) in [7, 11) is 1.88. The zero-order chi connectivity index (χ0) is 20.0. The first-order valence-corrected chi connectivity index (χ1v) is 12.3. The van der Waals surface area contributed by atoms with Gasteiger partial charge in [-0.3, -0.25) is 0 Å². The highest BCUT2D eigenvalue weighted by Gasteiger charge is 2.56. The van der Waals surface area contributed by atoms with E-state index in [0.29, 0.717) is 5.41 Å². The summed E-state index contributed by atoms with van der Waals surface area (Å²) in [4.78, 5) is 0. The van der Waals surface area contributed by atoms with E-state index in [1.165, 1.54) is 64.2 Å². The van der Waals surface area contributed by atoms with Gasteiger partial charge in [-0.15, -0.1) is 5.10 Å². The summed E-state index contributed by atoms with van der Waals surface area (Å²) < 4.78 is 7.50. The minimum Gasteiger partial charge on any atom is -0.384 e. The van der Waals surface area contributed by atoms with Gasteiger partial charge in [-0.25, -0.2) is 4.68 Å². The Hall–Kier alpha value is -0.970. The Kier molecular flexibility index (Phi) is 5.46. The maximum Gasteiger partial charge on any atom is 0.148 e. The Labute approximate surface area is 176 Å². The van der Waals surface area contributed by atoms with Gasteiger partial charge < -0.3 is 4.74 Å². The molecule has 4 saturated carbocycles. The molecular weight excluding hydrogens is 360 g/mol. The second-order valence-corrected chi connectivity index (χ2v) is 11.1. The van der Waals surface area contributed by atoms with Crippen molar-refractivity contribution in [2.24, 2.45) is 46.8 Å². The lowest BCUT2D eigenvalue weighted by molar-refractivity contribution is -0.0727. The standard InChI is InChI=1S/C24H40N4O/c1-16-25-26-27-28(16)13-11-19-6-9-23-22-8-5-18-14-17(15-29-3)4-7-20(18)21(22)10-12-24(19,23)2/h17-23H,4-15H2,1-3H3/t17-,18?,19+,20-,21?,22+,23?,24+/m0/s1. The highest BCUT2D eigenvalue weighted by molar-refractivity contribution is 5.06. The molecule has 1 aromatic rings. The molecule has 0 aromatic carbocycles. The van der Waals surface area contributed by atoms with Crippen LogP contribution in [0.5, 0.6) is 0 Å². The third kappa shape index (κ3) is 3.45. The molecule has 4 aliphatic rings. The van der Waals surface area contributed by atoms with Crippen LogP contribution in [0.25, 0.3) is 0 Å². The number of rotatable bonds is 5. The van der Waals surface area contributed by atoms with Crippen LogP contribution >= 0.6 is 0 Å². The zero-order valence-electron chi connectivity index (χ0n) is 18.7. The van der Waals surface area contributed by atoms with E-state index in [1.807, 2.05) is 18.7 Å². The van der Waals surface area contributed by atoms with Gasteiger partial charge in [0, 0.05) is 20.3 Å². The Bertz CT molecular complexity index is 705. The van der Waals surface area contributed by atoms with Crippen molar-refractivity contribution in [3.05, 3.63) is 5.82 Å². The van der Waals surface area contributed by atoms with Crippen LogP contribution in [0.4, 0.5) is 0 Å². The van der Waals surface area contributed by atoms with Gasteiger partial charge in [-0.1, -0.05) is 6.92 Å². The van der Waals surface area contributed by atoms with Gasteiger partial charge >= 0.3 is 0 Å². The maximum absolute atomic E-state index is 5.49. The molecule has 5 heteroatoms. The first kappa shape index (κ1) is 20.0. The SMILES string of the molecule is COC[C@H]1CC[C@H]2C(CC[C@@H]3C2CC[C@@]2(C)C3CC[C@@H]2CCn2nnnc2C)C1. The van der Waals surface area contributed by atoms with Gasteiger partial charge in [-0.2, -0.15) is 0 Å². The number of hydrogen-bond acceptors (Lipinski definition) is 4. The quantitative estimate of drug-likeness (QED) is 0.705. The van der Waals surface area contributed by atoms with E-state index >= 15 is 0 Å². The summed E-state index contributed by atoms with van der Waals surface area (Å²) in [5, 5.41) is 12.1. The number of hydrogen-bond donors (Lipinski definition) is 0. The van der Waals surface area contributed by atoms with E-state index in [1.54, 1.807) is 0 Å². The first-order chi connectivity index (χ1) is 14.1. The Morgan fingerprint density at radius 2 is 1.90 bits per heavy atom. The fourth-order valence-corrected chi connectivity index (χ4v) is 8.65. The molecule has 5 rings (SSSR count). The highest BCUT2D eigenvalue weighted by Crippen LogP contribution is 2.65. The molecule has 0 radical (unpaired) electrons. The molecule has 0 spiro atoms. The largest absolute Gasteiger partial charge is 0.384 e. The van der Waals surface area contributed by atoms with Crippen molar-refractivity contribution in [2.75, 3.05) is 13.7 Å². The maximum atomic E-state index is 5.49. The molecule has 3 unspecified atom stereocenters. The van der Waals surface area contributed by atoms with Crippen LogP contribution < -0.4 is 0 Å². The normalized spacial score (nSPS) is 44.2. The molecule has 162 valence electrons. The molecule has 0 saturated heterocycles. The van der Waals surface area contributed by atoms with Crippen molar-refractivity contribution in [3.8, 4) is 0 Å². The number of nitrogens with zero attached hydrogens (tertiary/aromatic N) is 4. The highest BCUT2D eigenvalue weighted by atomic mass is 16.5. The molecule has 1 aromatic heterocycles. The zero-order valence-corrected chi connectivity index (χ0v) is 18.7. The smallest absolute Gasteiger partial charge is 0.148 e. The molecule has 0 aliphatic heterocycles. The average Bonchev–Trinajstić information content (AvgIpc) is 3.28. The number of fused-ring (bicyclic) bond motifs is 5. The van der Waals surface area contributed by atoms with Crippen LogP contribution in [-0.4, -0.2) is 33.9 Å². The molecule has 0 N–H and O–H groups in total. The van der Waals surface area contributed by atoms with E-state index in [0.717, 1.165) is 60.4 Å². The summed E-state index contributed by atoms with van der Waals surface area (Å²) in [5.41, 5.74) is 0.559.